The lowest BCUT2D eigenvalue weighted by atomic mass is 10.1. The van der Waals surface area contributed by atoms with Crippen LogP contribution in [0.5, 0.6) is 5.75 Å². The van der Waals surface area contributed by atoms with Crippen molar-refractivity contribution in [3.05, 3.63) is 69.7 Å². The first kappa shape index (κ1) is 20.6. The summed E-state index contributed by atoms with van der Waals surface area (Å²) in [4.78, 5) is 25.9. The van der Waals surface area contributed by atoms with Crippen molar-refractivity contribution in [2.24, 2.45) is 0 Å². The summed E-state index contributed by atoms with van der Waals surface area (Å²) in [7, 11) is 1.58. The largest absolute Gasteiger partial charge is 0.497 e. The molecule has 1 atom stereocenters. The highest BCUT2D eigenvalue weighted by atomic mass is 35.5. The smallest absolute Gasteiger partial charge is 0.297 e. The summed E-state index contributed by atoms with van der Waals surface area (Å²) in [5, 5.41) is 12.1. The molecule has 9 heteroatoms. The number of anilines is 1. The fourth-order valence-electron chi connectivity index (χ4n) is 3.23. The number of aryl methyl sites for hydroxylation is 1. The van der Waals surface area contributed by atoms with Gasteiger partial charge in [0.15, 0.2) is 5.52 Å². The molecule has 0 unspecified atom stereocenters. The number of halogens is 1. The summed E-state index contributed by atoms with van der Waals surface area (Å²) in [6.45, 7) is 3.29. The van der Waals surface area contributed by atoms with E-state index in [0.717, 1.165) is 10.2 Å². The molecule has 0 saturated heterocycles. The van der Waals surface area contributed by atoms with Crippen LogP contribution in [0.4, 0.5) is 5.69 Å². The van der Waals surface area contributed by atoms with Crippen LogP contribution in [0.25, 0.3) is 22.2 Å². The van der Waals surface area contributed by atoms with Crippen molar-refractivity contribution in [1.29, 1.82) is 0 Å². The topological polar surface area (TPSA) is 99.2 Å². The molecular formula is C22H19ClN4O4. The highest BCUT2D eigenvalue weighted by Crippen LogP contribution is 2.29. The molecule has 4 aromatic rings. The van der Waals surface area contributed by atoms with Crippen molar-refractivity contribution in [3.8, 4) is 17.0 Å². The van der Waals surface area contributed by atoms with E-state index >= 15 is 0 Å². The van der Waals surface area contributed by atoms with Crippen LogP contribution in [-0.2, 0) is 4.79 Å². The minimum atomic E-state index is -0.929. The Bertz CT molecular complexity index is 1330. The third-order valence-corrected chi connectivity index (χ3v) is 5.29. The molecular weight excluding hydrogens is 420 g/mol. The number of hydrogen-bond donors (Lipinski definition) is 1. The van der Waals surface area contributed by atoms with E-state index in [2.05, 4.69) is 15.6 Å². The Labute approximate surface area is 182 Å². The number of benzene rings is 2. The minimum Gasteiger partial charge on any atom is -0.497 e. The van der Waals surface area contributed by atoms with Gasteiger partial charge in [-0.2, -0.15) is 5.10 Å². The van der Waals surface area contributed by atoms with Crippen LogP contribution >= 0.6 is 11.6 Å². The quantitative estimate of drug-likeness (QED) is 0.500. The van der Waals surface area contributed by atoms with Crippen molar-refractivity contribution in [2.75, 3.05) is 12.4 Å². The first-order chi connectivity index (χ1) is 14.9. The number of methoxy groups -OCH3 is 1. The van der Waals surface area contributed by atoms with Gasteiger partial charge in [-0.05, 0) is 50.2 Å². The van der Waals surface area contributed by atoms with Crippen molar-refractivity contribution in [2.45, 2.75) is 19.9 Å². The molecule has 0 fully saturated rings. The molecule has 4 rings (SSSR count). The molecule has 2 aromatic heterocycles. The van der Waals surface area contributed by atoms with Gasteiger partial charge in [0.25, 0.3) is 5.56 Å². The zero-order chi connectivity index (χ0) is 22.1. The molecule has 0 spiro atoms. The molecule has 0 aliphatic heterocycles. The van der Waals surface area contributed by atoms with Crippen LogP contribution in [0.3, 0.4) is 0 Å². The van der Waals surface area contributed by atoms with Crippen LogP contribution in [0.15, 0.2) is 57.8 Å². The highest BCUT2D eigenvalue weighted by Gasteiger charge is 2.24. The van der Waals surface area contributed by atoms with Crippen molar-refractivity contribution in [1.82, 2.24) is 14.9 Å². The van der Waals surface area contributed by atoms with Gasteiger partial charge in [0, 0.05) is 5.56 Å². The molecule has 0 saturated carbocycles. The standard InChI is InChI=1S/C22H19ClN4O4/c1-12(21(28)24-17-7-5-4-6-16(17)23)27-22(29)20-18(13(2)31-26-20)19(25-27)14-8-10-15(30-3)11-9-14/h4-12H,1-3H3,(H,24,28)/t12-/m1/s1. The lowest BCUT2D eigenvalue weighted by molar-refractivity contribution is -0.119. The number of nitrogens with one attached hydrogen (secondary N) is 1. The van der Waals surface area contributed by atoms with Crippen LogP contribution in [0, 0.1) is 6.92 Å². The Morgan fingerprint density at radius 1 is 1.19 bits per heavy atom. The van der Waals surface area contributed by atoms with E-state index in [9.17, 15) is 9.59 Å². The summed E-state index contributed by atoms with van der Waals surface area (Å²) >= 11 is 6.13. The first-order valence-corrected chi connectivity index (χ1v) is 9.87. The van der Waals surface area contributed by atoms with Gasteiger partial charge in [-0.25, -0.2) is 4.68 Å². The van der Waals surface area contributed by atoms with E-state index in [1.54, 1.807) is 57.4 Å². The van der Waals surface area contributed by atoms with Gasteiger partial charge in [0.1, 0.15) is 23.2 Å². The fourth-order valence-corrected chi connectivity index (χ4v) is 3.42. The third-order valence-electron chi connectivity index (χ3n) is 4.96. The lowest BCUT2D eigenvalue weighted by Gasteiger charge is -2.16. The molecule has 1 amide bonds. The Morgan fingerprint density at radius 3 is 2.58 bits per heavy atom. The van der Waals surface area contributed by atoms with Crippen LogP contribution < -0.4 is 15.6 Å². The number of para-hydroxylation sites is 1. The van der Waals surface area contributed by atoms with Crippen LogP contribution in [0.1, 0.15) is 18.7 Å². The van der Waals surface area contributed by atoms with Gasteiger partial charge < -0.3 is 14.6 Å². The van der Waals surface area contributed by atoms with Gasteiger partial charge in [-0.15, -0.1) is 0 Å². The van der Waals surface area contributed by atoms with Crippen LogP contribution in [-0.4, -0.2) is 28.0 Å². The van der Waals surface area contributed by atoms with Crippen molar-refractivity contribution in [3.63, 3.8) is 0 Å². The first-order valence-electron chi connectivity index (χ1n) is 9.49. The SMILES string of the molecule is COc1ccc(-c2nn([C@H](C)C(=O)Nc3ccccc3Cl)c(=O)c3noc(C)c23)cc1. The number of aromatic nitrogens is 3. The maximum absolute atomic E-state index is 13.0. The van der Waals surface area contributed by atoms with E-state index in [0.29, 0.717) is 33.3 Å². The summed E-state index contributed by atoms with van der Waals surface area (Å²) in [5.41, 5.74) is 1.24. The molecule has 31 heavy (non-hydrogen) atoms. The normalized spacial score (nSPS) is 12.0. The summed E-state index contributed by atoms with van der Waals surface area (Å²) in [6.07, 6.45) is 0. The number of ether oxygens (including phenoxy) is 1. The molecule has 8 nitrogen and oxygen atoms in total. The Hall–Kier alpha value is -3.65. The monoisotopic (exact) mass is 438 g/mol. The number of rotatable bonds is 5. The van der Waals surface area contributed by atoms with E-state index in [4.69, 9.17) is 20.9 Å². The van der Waals surface area contributed by atoms with Gasteiger partial charge in [-0.1, -0.05) is 28.9 Å². The zero-order valence-corrected chi connectivity index (χ0v) is 17.8. The molecule has 0 radical (unpaired) electrons. The second kappa shape index (κ2) is 8.23. The number of carbonyl (C=O) groups is 1. The number of hydrogen-bond acceptors (Lipinski definition) is 6. The minimum absolute atomic E-state index is 0.107. The lowest BCUT2D eigenvalue weighted by Crippen LogP contribution is -2.34. The second-order valence-corrected chi connectivity index (χ2v) is 7.34. The Morgan fingerprint density at radius 2 is 1.90 bits per heavy atom. The summed E-state index contributed by atoms with van der Waals surface area (Å²) in [5.74, 6) is 0.705. The average molecular weight is 439 g/mol. The number of carbonyl (C=O) groups excluding carboxylic acids is 1. The molecule has 0 aliphatic carbocycles. The zero-order valence-electron chi connectivity index (χ0n) is 17.0. The fraction of sp³-hybridized carbons (Fsp3) is 0.182. The molecule has 1 N–H and O–H groups in total. The Balaban J connectivity index is 1.80. The van der Waals surface area contributed by atoms with Crippen molar-refractivity contribution < 1.29 is 14.1 Å². The molecule has 2 aromatic carbocycles. The predicted octanol–water partition coefficient (Wildman–Crippen LogP) is 4.22. The molecule has 0 bridgehead atoms. The van der Waals surface area contributed by atoms with E-state index in [-0.39, 0.29) is 5.52 Å². The maximum atomic E-state index is 13.0. The van der Waals surface area contributed by atoms with Gasteiger partial charge in [0.05, 0.1) is 23.2 Å². The maximum Gasteiger partial charge on any atom is 0.297 e. The number of amides is 1. The molecule has 0 aliphatic rings. The van der Waals surface area contributed by atoms with Gasteiger partial charge >= 0.3 is 0 Å². The number of fused-ring (bicyclic) bond motifs is 1. The van der Waals surface area contributed by atoms with Gasteiger partial charge in [-0.3, -0.25) is 9.59 Å². The van der Waals surface area contributed by atoms with Gasteiger partial charge in [0.2, 0.25) is 5.91 Å². The highest BCUT2D eigenvalue weighted by molar-refractivity contribution is 6.33. The predicted molar refractivity (Wildman–Crippen MR) is 118 cm³/mol. The average Bonchev–Trinajstić information content (AvgIpc) is 3.17. The molecule has 158 valence electrons. The summed E-state index contributed by atoms with van der Waals surface area (Å²) in [6, 6.07) is 13.1. The van der Waals surface area contributed by atoms with Crippen molar-refractivity contribution >= 4 is 34.1 Å². The molecule has 2 heterocycles. The Kier molecular flexibility index (Phi) is 5.48. The van der Waals surface area contributed by atoms with E-state index in [1.165, 1.54) is 0 Å². The van der Waals surface area contributed by atoms with E-state index < -0.39 is 17.5 Å². The van der Waals surface area contributed by atoms with E-state index in [1.807, 2.05) is 12.1 Å². The van der Waals surface area contributed by atoms with Crippen LogP contribution in [0.2, 0.25) is 5.02 Å². The second-order valence-electron chi connectivity index (χ2n) is 6.93. The number of nitrogens with zero attached hydrogens (tertiary/aromatic N) is 3. The summed E-state index contributed by atoms with van der Waals surface area (Å²) < 4.78 is 11.6. The third kappa shape index (κ3) is 3.77.